The molecule has 1 atom stereocenters. The van der Waals surface area contributed by atoms with E-state index in [4.69, 9.17) is 5.11 Å². The van der Waals surface area contributed by atoms with Crippen LogP contribution in [0.3, 0.4) is 0 Å². The van der Waals surface area contributed by atoms with Gasteiger partial charge in [0.2, 0.25) is 0 Å². The van der Waals surface area contributed by atoms with Crippen LogP contribution >= 0.6 is 0 Å². The number of hydrogen-bond acceptors (Lipinski definition) is 4. The third kappa shape index (κ3) is 2.41. The van der Waals surface area contributed by atoms with E-state index in [0.29, 0.717) is 16.7 Å². The summed E-state index contributed by atoms with van der Waals surface area (Å²) in [5.41, 5.74) is 3.21. The monoisotopic (exact) mass is 297 g/mol. The fourth-order valence-corrected chi connectivity index (χ4v) is 2.55. The average molecular weight is 297 g/mol. The molecule has 0 aliphatic heterocycles. The van der Waals surface area contributed by atoms with Crippen molar-refractivity contribution in [2.45, 2.75) is 6.10 Å². The van der Waals surface area contributed by atoms with Gasteiger partial charge in [0.25, 0.3) is 5.91 Å². The molecule has 5 nitrogen and oxygen atoms in total. The van der Waals surface area contributed by atoms with Gasteiger partial charge in [0, 0.05) is 23.2 Å². The lowest BCUT2D eigenvalue weighted by atomic mass is 10.0. The Balaban J connectivity index is 1.87. The first-order valence-electron chi connectivity index (χ1n) is 6.97. The molecule has 3 rings (SSSR count). The van der Waals surface area contributed by atoms with Crippen molar-refractivity contribution in [3.05, 3.63) is 59.2 Å². The zero-order chi connectivity index (χ0) is 15.7. The van der Waals surface area contributed by atoms with Gasteiger partial charge in [-0.2, -0.15) is 0 Å². The van der Waals surface area contributed by atoms with Crippen LogP contribution in [0, 0.1) is 0 Å². The SMILES string of the molecule is O=C(NC[C@@H](O)CO)c1ccc2c(c1)C(=O)c1ccccc1-2. The lowest BCUT2D eigenvalue weighted by Gasteiger charge is -2.09. The zero-order valence-corrected chi connectivity index (χ0v) is 11.7. The van der Waals surface area contributed by atoms with E-state index in [2.05, 4.69) is 5.32 Å². The molecule has 0 spiro atoms. The van der Waals surface area contributed by atoms with Gasteiger partial charge in [0.15, 0.2) is 5.78 Å². The molecular formula is C17H15NO4. The molecule has 1 aliphatic rings. The van der Waals surface area contributed by atoms with Crippen molar-refractivity contribution in [3.63, 3.8) is 0 Å². The Morgan fingerprint density at radius 2 is 1.73 bits per heavy atom. The number of benzene rings is 2. The number of aliphatic hydroxyl groups is 2. The topological polar surface area (TPSA) is 86.6 Å². The number of ketones is 1. The second-order valence-electron chi connectivity index (χ2n) is 5.18. The van der Waals surface area contributed by atoms with Crippen LogP contribution < -0.4 is 5.32 Å². The molecule has 0 unspecified atom stereocenters. The van der Waals surface area contributed by atoms with Crippen LogP contribution in [0.1, 0.15) is 26.3 Å². The number of carbonyl (C=O) groups is 2. The van der Waals surface area contributed by atoms with E-state index in [9.17, 15) is 14.7 Å². The maximum atomic E-state index is 12.4. The van der Waals surface area contributed by atoms with Gasteiger partial charge in [-0.05, 0) is 23.3 Å². The highest BCUT2D eigenvalue weighted by Crippen LogP contribution is 2.36. The smallest absolute Gasteiger partial charge is 0.251 e. The molecule has 2 aromatic rings. The van der Waals surface area contributed by atoms with Gasteiger partial charge in [-0.15, -0.1) is 0 Å². The fraction of sp³-hybridized carbons (Fsp3) is 0.176. The van der Waals surface area contributed by atoms with Crippen LogP contribution in [-0.4, -0.2) is 41.2 Å². The lowest BCUT2D eigenvalue weighted by Crippen LogP contribution is -2.33. The van der Waals surface area contributed by atoms with E-state index in [0.717, 1.165) is 11.1 Å². The highest BCUT2D eigenvalue weighted by Gasteiger charge is 2.26. The predicted octanol–water partition coefficient (Wildman–Crippen LogP) is 0.981. The van der Waals surface area contributed by atoms with Gasteiger partial charge in [-0.25, -0.2) is 0 Å². The molecule has 0 fully saturated rings. The fourth-order valence-electron chi connectivity index (χ4n) is 2.55. The van der Waals surface area contributed by atoms with E-state index >= 15 is 0 Å². The lowest BCUT2D eigenvalue weighted by molar-refractivity contribution is 0.0802. The largest absolute Gasteiger partial charge is 0.394 e. The Morgan fingerprint density at radius 1 is 1.05 bits per heavy atom. The summed E-state index contributed by atoms with van der Waals surface area (Å²) < 4.78 is 0. The normalized spacial score (nSPS) is 13.5. The van der Waals surface area contributed by atoms with Gasteiger partial charge in [0.1, 0.15) is 0 Å². The van der Waals surface area contributed by atoms with Crippen molar-refractivity contribution in [1.82, 2.24) is 5.32 Å². The Labute approximate surface area is 127 Å². The van der Waals surface area contributed by atoms with Crippen LogP contribution in [0.25, 0.3) is 11.1 Å². The maximum absolute atomic E-state index is 12.4. The number of hydrogen-bond donors (Lipinski definition) is 3. The van der Waals surface area contributed by atoms with Crippen molar-refractivity contribution in [2.24, 2.45) is 0 Å². The van der Waals surface area contributed by atoms with Crippen molar-refractivity contribution in [3.8, 4) is 11.1 Å². The average Bonchev–Trinajstić information content (AvgIpc) is 2.85. The molecule has 0 aromatic heterocycles. The zero-order valence-electron chi connectivity index (χ0n) is 11.7. The Morgan fingerprint density at radius 3 is 2.45 bits per heavy atom. The minimum atomic E-state index is -0.996. The molecule has 112 valence electrons. The number of fused-ring (bicyclic) bond motifs is 3. The third-order valence-corrected chi connectivity index (χ3v) is 3.70. The minimum Gasteiger partial charge on any atom is -0.394 e. The molecule has 1 aliphatic carbocycles. The van der Waals surface area contributed by atoms with E-state index in [1.54, 1.807) is 24.3 Å². The molecule has 2 aromatic carbocycles. The summed E-state index contributed by atoms with van der Waals surface area (Å²) >= 11 is 0. The Kier molecular flexibility index (Phi) is 3.75. The van der Waals surface area contributed by atoms with Gasteiger partial charge in [-0.1, -0.05) is 30.3 Å². The predicted molar refractivity (Wildman–Crippen MR) is 80.7 cm³/mol. The number of aliphatic hydroxyl groups excluding tert-OH is 2. The quantitative estimate of drug-likeness (QED) is 0.670. The molecule has 0 saturated heterocycles. The molecule has 0 saturated carbocycles. The van der Waals surface area contributed by atoms with Crippen LogP contribution in [0.15, 0.2) is 42.5 Å². The van der Waals surface area contributed by atoms with Crippen molar-refractivity contribution in [2.75, 3.05) is 13.2 Å². The Hall–Kier alpha value is -2.50. The highest BCUT2D eigenvalue weighted by molar-refractivity contribution is 6.22. The first-order chi connectivity index (χ1) is 10.6. The second kappa shape index (κ2) is 5.71. The highest BCUT2D eigenvalue weighted by atomic mass is 16.3. The summed E-state index contributed by atoms with van der Waals surface area (Å²) in [7, 11) is 0. The standard InChI is InChI=1S/C17H15NO4/c19-9-11(20)8-18-17(22)10-5-6-13-12-3-1-2-4-14(12)16(21)15(13)7-10/h1-7,11,19-20H,8-9H2,(H,18,22)/t11-/m1/s1. The third-order valence-electron chi connectivity index (χ3n) is 3.70. The van der Waals surface area contributed by atoms with Crippen LogP contribution in [-0.2, 0) is 0 Å². The Bertz CT molecular complexity index is 754. The van der Waals surface area contributed by atoms with E-state index in [-0.39, 0.29) is 18.2 Å². The van der Waals surface area contributed by atoms with Crippen LogP contribution in [0.2, 0.25) is 0 Å². The van der Waals surface area contributed by atoms with Crippen molar-refractivity contribution < 1.29 is 19.8 Å². The van der Waals surface area contributed by atoms with E-state index in [1.165, 1.54) is 0 Å². The molecule has 22 heavy (non-hydrogen) atoms. The van der Waals surface area contributed by atoms with Crippen molar-refractivity contribution in [1.29, 1.82) is 0 Å². The van der Waals surface area contributed by atoms with Crippen molar-refractivity contribution >= 4 is 11.7 Å². The van der Waals surface area contributed by atoms with Gasteiger partial charge in [0.05, 0.1) is 12.7 Å². The summed E-state index contributed by atoms with van der Waals surface area (Å²) in [5.74, 6) is -0.477. The first-order valence-corrected chi connectivity index (χ1v) is 6.97. The molecule has 5 heteroatoms. The summed E-state index contributed by atoms with van der Waals surface area (Å²) in [5, 5.41) is 20.5. The maximum Gasteiger partial charge on any atom is 0.251 e. The number of rotatable bonds is 4. The molecule has 0 heterocycles. The second-order valence-corrected chi connectivity index (χ2v) is 5.18. The molecule has 1 amide bonds. The van der Waals surface area contributed by atoms with Gasteiger partial charge in [-0.3, -0.25) is 9.59 Å². The first kappa shape index (κ1) is 14.4. The molecule has 0 bridgehead atoms. The van der Waals surface area contributed by atoms with Crippen LogP contribution in [0.4, 0.5) is 0 Å². The molecular weight excluding hydrogens is 282 g/mol. The summed E-state index contributed by atoms with van der Waals surface area (Å²) in [6, 6.07) is 12.3. The van der Waals surface area contributed by atoms with Gasteiger partial charge >= 0.3 is 0 Å². The van der Waals surface area contributed by atoms with Crippen LogP contribution in [0.5, 0.6) is 0 Å². The van der Waals surface area contributed by atoms with E-state index in [1.807, 2.05) is 18.2 Å². The number of nitrogens with one attached hydrogen (secondary N) is 1. The van der Waals surface area contributed by atoms with E-state index < -0.39 is 12.7 Å². The number of carbonyl (C=O) groups excluding carboxylic acids is 2. The summed E-state index contributed by atoms with van der Waals surface area (Å²) in [4.78, 5) is 24.4. The minimum absolute atomic E-state index is 0.0411. The molecule has 3 N–H and O–H groups in total. The summed E-state index contributed by atoms with van der Waals surface area (Å²) in [6.45, 7) is -0.459. The number of amides is 1. The summed E-state index contributed by atoms with van der Waals surface area (Å²) in [6.07, 6.45) is -0.996. The molecule has 0 radical (unpaired) electrons. The van der Waals surface area contributed by atoms with Gasteiger partial charge < -0.3 is 15.5 Å².